The Labute approximate surface area is 264 Å². The highest BCUT2D eigenvalue weighted by molar-refractivity contribution is 8.03. The van der Waals surface area contributed by atoms with E-state index in [9.17, 15) is 0 Å². The normalized spacial score (nSPS) is 18.1. The average molecular weight is 687 g/mol. The topological polar surface area (TPSA) is 25.6 Å². The summed E-state index contributed by atoms with van der Waals surface area (Å²) in [4.78, 5) is 4.90. The van der Waals surface area contributed by atoms with Crippen molar-refractivity contribution in [1.82, 2.24) is 0 Å². The third-order valence-electron chi connectivity index (χ3n) is 7.52. The molecule has 1 aliphatic heterocycles. The summed E-state index contributed by atoms with van der Waals surface area (Å²) in [5, 5.41) is 2.49. The van der Waals surface area contributed by atoms with E-state index >= 15 is 0 Å². The third-order valence-corrected chi connectivity index (χ3v) is 9.37. The van der Waals surface area contributed by atoms with Crippen molar-refractivity contribution in [2.24, 2.45) is 5.41 Å². The molecule has 4 nitrogen and oxygen atoms in total. The molecule has 5 rings (SSSR count). The number of aryl methyl sites for hydroxylation is 1. The number of thioether (sulfide) groups is 2. The van der Waals surface area contributed by atoms with Gasteiger partial charge in [-0.05, 0) is 79.8 Å². The highest BCUT2D eigenvalue weighted by atomic mass is 127. The summed E-state index contributed by atoms with van der Waals surface area (Å²) >= 11 is 3.61. The van der Waals surface area contributed by atoms with E-state index in [2.05, 4.69) is 98.0 Å². The number of pyridine rings is 1. The number of allylic oxidation sites excluding steroid dienone is 4. The maximum atomic E-state index is 5.69. The Morgan fingerprint density at radius 3 is 2.50 bits per heavy atom. The van der Waals surface area contributed by atoms with Gasteiger partial charge < -0.3 is 38.4 Å². The average Bonchev–Trinajstić information content (AvgIpc) is 3.26. The number of hydrogen-bond acceptors (Lipinski definition) is 5. The summed E-state index contributed by atoms with van der Waals surface area (Å²) in [6.07, 6.45) is 11.4. The van der Waals surface area contributed by atoms with Crippen LogP contribution in [0.4, 0.5) is 5.69 Å². The fourth-order valence-electron chi connectivity index (χ4n) is 5.83. The molecule has 0 fully saturated rings. The number of rotatable bonds is 7. The highest BCUT2D eigenvalue weighted by Gasteiger charge is 2.29. The van der Waals surface area contributed by atoms with E-state index in [0.717, 1.165) is 37.4 Å². The van der Waals surface area contributed by atoms with Crippen molar-refractivity contribution < 1.29 is 38.0 Å². The lowest BCUT2D eigenvalue weighted by Gasteiger charge is -2.31. The fourth-order valence-corrected chi connectivity index (χ4v) is 7.70. The molecular weight excluding hydrogens is 647 g/mol. The molecule has 0 N–H and O–H groups in total. The third kappa shape index (κ3) is 6.21. The molecule has 0 bridgehead atoms. The number of ether oxygens (including phenoxy) is 2. The van der Waals surface area contributed by atoms with Gasteiger partial charge in [0.1, 0.15) is 18.0 Å². The second-order valence-electron chi connectivity index (χ2n) is 10.9. The molecule has 0 saturated carbocycles. The molecule has 1 aromatic heterocycles. The van der Waals surface area contributed by atoms with Crippen molar-refractivity contribution in [2.45, 2.75) is 56.9 Å². The first-order chi connectivity index (χ1) is 18.8. The summed E-state index contributed by atoms with van der Waals surface area (Å²) in [7, 11) is 3.48. The van der Waals surface area contributed by atoms with E-state index in [-0.39, 0.29) is 29.4 Å². The Bertz CT molecular complexity index is 1510. The summed E-state index contributed by atoms with van der Waals surface area (Å²) in [5.41, 5.74) is 6.66. The SMILES string of the molecule is CCN1/C(=C\C2=CC(=C/c3ccc4cc(OC)ccc4[n+]3CC)/CC(C)(C)C2)Sc2cc(SC)c(OC)cc21.[I-]. The zero-order chi connectivity index (χ0) is 27.7. The van der Waals surface area contributed by atoms with Gasteiger partial charge in [-0.3, -0.25) is 0 Å². The molecule has 0 atom stereocenters. The molecule has 40 heavy (non-hydrogen) atoms. The van der Waals surface area contributed by atoms with E-state index in [1.165, 1.54) is 48.3 Å². The lowest BCUT2D eigenvalue weighted by Crippen LogP contribution is -3.00. The number of methoxy groups -OCH3 is 2. The zero-order valence-corrected chi connectivity index (χ0v) is 28.3. The van der Waals surface area contributed by atoms with Crippen molar-refractivity contribution >= 4 is 46.2 Å². The molecule has 0 saturated heterocycles. The van der Waals surface area contributed by atoms with Crippen LogP contribution in [0.1, 0.15) is 46.2 Å². The number of aromatic nitrogens is 1. The first kappa shape index (κ1) is 30.8. The van der Waals surface area contributed by atoms with Gasteiger partial charge in [-0.2, -0.15) is 4.57 Å². The van der Waals surface area contributed by atoms with Gasteiger partial charge in [0.05, 0.1) is 35.2 Å². The van der Waals surface area contributed by atoms with Crippen LogP contribution in [-0.2, 0) is 6.54 Å². The molecule has 2 aliphatic rings. The smallest absolute Gasteiger partial charge is 0.213 e. The summed E-state index contributed by atoms with van der Waals surface area (Å²) in [5.74, 6) is 1.84. The van der Waals surface area contributed by atoms with Crippen LogP contribution in [0, 0.1) is 5.41 Å². The second kappa shape index (κ2) is 12.8. The van der Waals surface area contributed by atoms with Gasteiger partial charge in [0, 0.05) is 35.7 Å². The molecule has 1 aliphatic carbocycles. The summed E-state index contributed by atoms with van der Waals surface area (Å²) in [6.45, 7) is 11.0. The molecule has 2 heterocycles. The molecule has 0 spiro atoms. The van der Waals surface area contributed by atoms with E-state index in [1.807, 2.05) is 17.8 Å². The Morgan fingerprint density at radius 2 is 1.82 bits per heavy atom. The predicted octanol–water partition coefficient (Wildman–Crippen LogP) is 5.49. The Balaban J connectivity index is 0.00000370. The summed E-state index contributed by atoms with van der Waals surface area (Å²) < 4.78 is 13.5. The predicted molar refractivity (Wildman–Crippen MR) is 167 cm³/mol. The van der Waals surface area contributed by atoms with Gasteiger partial charge in [0.2, 0.25) is 11.2 Å². The molecule has 0 unspecified atom stereocenters. The molecular formula is C33H39IN2O2S2. The van der Waals surface area contributed by atoms with Crippen LogP contribution in [0.5, 0.6) is 11.5 Å². The lowest BCUT2D eigenvalue weighted by molar-refractivity contribution is -0.669. The van der Waals surface area contributed by atoms with Crippen LogP contribution in [0.15, 0.2) is 80.6 Å². The molecule has 3 aromatic rings. The number of benzene rings is 2. The van der Waals surface area contributed by atoms with Gasteiger partial charge in [-0.1, -0.05) is 31.7 Å². The van der Waals surface area contributed by atoms with Gasteiger partial charge in [0.25, 0.3) is 0 Å². The van der Waals surface area contributed by atoms with E-state index in [0.29, 0.717) is 0 Å². The van der Waals surface area contributed by atoms with Crippen LogP contribution >= 0.6 is 23.5 Å². The van der Waals surface area contributed by atoms with E-state index in [4.69, 9.17) is 9.47 Å². The molecule has 2 aromatic carbocycles. The number of fused-ring (bicyclic) bond motifs is 2. The number of anilines is 1. The van der Waals surface area contributed by atoms with Crippen LogP contribution in [0.3, 0.4) is 0 Å². The lowest BCUT2D eigenvalue weighted by atomic mass is 9.75. The van der Waals surface area contributed by atoms with Gasteiger partial charge in [-0.25, -0.2) is 0 Å². The number of hydrogen-bond donors (Lipinski definition) is 0. The van der Waals surface area contributed by atoms with Crippen molar-refractivity contribution in [1.29, 1.82) is 0 Å². The molecule has 7 heteroatoms. The number of nitrogens with zero attached hydrogens (tertiary/aromatic N) is 2. The van der Waals surface area contributed by atoms with Crippen LogP contribution < -0.4 is 42.9 Å². The van der Waals surface area contributed by atoms with Gasteiger partial charge >= 0.3 is 0 Å². The van der Waals surface area contributed by atoms with Gasteiger partial charge in [0.15, 0.2) is 0 Å². The van der Waals surface area contributed by atoms with E-state index in [1.54, 1.807) is 26.0 Å². The van der Waals surface area contributed by atoms with Crippen molar-refractivity contribution in [3.8, 4) is 11.5 Å². The minimum atomic E-state index is 0. The maximum absolute atomic E-state index is 5.69. The fraction of sp³-hybridized carbons (Fsp3) is 0.364. The summed E-state index contributed by atoms with van der Waals surface area (Å²) in [6, 6.07) is 15.2. The van der Waals surface area contributed by atoms with Crippen molar-refractivity contribution in [2.75, 3.05) is 31.9 Å². The minimum Gasteiger partial charge on any atom is -1.00 e. The minimum absolute atomic E-state index is 0. The quantitative estimate of drug-likeness (QED) is 0.186. The number of halogens is 1. The maximum Gasteiger partial charge on any atom is 0.213 e. The van der Waals surface area contributed by atoms with Crippen molar-refractivity contribution in [3.05, 3.63) is 76.5 Å². The molecule has 0 amide bonds. The second-order valence-corrected chi connectivity index (χ2v) is 12.8. The van der Waals surface area contributed by atoms with Crippen LogP contribution in [-0.4, -0.2) is 27.0 Å². The van der Waals surface area contributed by atoms with Gasteiger partial charge in [-0.15, -0.1) is 11.8 Å². The zero-order valence-electron chi connectivity index (χ0n) is 24.5. The standard InChI is InChI=1S/C33H39N2O2S2.HI/c1-8-34-25(11-10-24-17-26(36-5)12-13-27(24)34)15-22-14-23(21-33(3,4)20-22)16-32-35(9-2)28-18-29(37-6)31(38-7)19-30(28)39-32;/h10-19H,8-9,20-21H2,1-7H3;1H/q+1;/p-1. The van der Waals surface area contributed by atoms with Crippen LogP contribution in [0.25, 0.3) is 17.0 Å². The molecule has 0 radical (unpaired) electrons. The largest absolute Gasteiger partial charge is 1.00 e. The monoisotopic (exact) mass is 686 g/mol. The highest BCUT2D eigenvalue weighted by Crippen LogP contribution is 2.51. The first-order valence-electron chi connectivity index (χ1n) is 13.6. The Morgan fingerprint density at radius 1 is 1.02 bits per heavy atom. The van der Waals surface area contributed by atoms with E-state index < -0.39 is 0 Å². The Hall–Kier alpha value is -2.10. The first-order valence-corrected chi connectivity index (χ1v) is 15.7. The Kier molecular flexibility index (Phi) is 9.89. The van der Waals surface area contributed by atoms with Crippen LogP contribution in [0.2, 0.25) is 0 Å². The van der Waals surface area contributed by atoms with Crippen molar-refractivity contribution in [3.63, 3.8) is 0 Å². The molecule has 212 valence electrons.